The Morgan fingerprint density at radius 2 is 1.88 bits per heavy atom. The number of aryl methyl sites for hydroxylation is 1. The summed E-state index contributed by atoms with van der Waals surface area (Å²) in [5.74, 6) is -1.14. The van der Waals surface area contributed by atoms with Gasteiger partial charge in [-0.1, -0.05) is 13.8 Å². The van der Waals surface area contributed by atoms with Crippen LogP contribution in [0.2, 0.25) is 0 Å². The second-order valence-corrected chi connectivity index (χ2v) is 10.9. The molecular formula is C30H30F2N6O4. The molecular weight excluding hydrogens is 546 g/mol. The van der Waals surface area contributed by atoms with Gasteiger partial charge in [0.05, 0.1) is 22.3 Å². The summed E-state index contributed by atoms with van der Waals surface area (Å²) in [6, 6.07) is 5.36. The van der Waals surface area contributed by atoms with Gasteiger partial charge in [0.25, 0.3) is 0 Å². The Labute approximate surface area is 240 Å². The van der Waals surface area contributed by atoms with E-state index in [-0.39, 0.29) is 64.3 Å². The number of amides is 1. The molecule has 5 heterocycles. The van der Waals surface area contributed by atoms with Crippen LogP contribution in [-0.2, 0) is 4.79 Å². The fourth-order valence-corrected chi connectivity index (χ4v) is 5.71. The van der Waals surface area contributed by atoms with Crippen LogP contribution in [0.1, 0.15) is 44.9 Å². The molecule has 2 aliphatic rings. The molecule has 6 rings (SSSR count). The molecule has 0 saturated carbocycles. The van der Waals surface area contributed by atoms with Crippen molar-refractivity contribution in [3.05, 3.63) is 63.8 Å². The quantitative estimate of drug-likeness (QED) is 0.354. The number of hydrogen-bond donors (Lipinski definition) is 0. The Hall–Kier alpha value is -4.61. The number of piperazine rings is 1. The Morgan fingerprint density at radius 3 is 2.60 bits per heavy atom. The molecule has 1 saturated heterocycles. The SMILES string of the molecule is CC(=O)N1CCN(c2nc(=O)n(-c3c(C)ccnc3C(C)C)c3nc(-c4c(F)ccc5c4OCO5)c(F)cc23)[C@@H](C)C1. The Kier molecular flexibility index (Phi) is 6.78. The van der Waals surface area contributed by atoms with Crippen molar-refractivity contribution >= 4 is 22.8 Å². The number of carbonyl (C=O) groups excluding carboxylic acids is 1. The van der Waals surface area contributed by atoms with E-state index in [1.807, 2.05) is 32.6 Å². The molecule has 0 N–H and O–H groups in total. The van der Waals surface area contributed by atoms with E-state index in [1.54, 1.807) is 17.2 Å². The van der Waals surface area contributed by atoms with Crippen molar-refractivity contribution in [2.24, 2.45) is 0 Å². The number of rotatable bonds is 4. The largest absolute Gasteiger partial charge is 0.454 e. The van der Waals surface area contributed by atoms with Gasteiger partial charge in [-0.05, 0) is 49.6 Å². The molecule has 0 aliphatic carbocycles. The molecule has 1 amide bonds. The van der Waals surface area contributed by atoms with Gasteiger partial charge in [0.2, 0.25) is 12.7 Å². The molecule has 0 radical (unpaired) electrons. The normalized spacial score (nSPS) is 16.5. The summed E-state index contributed by atoms with van der Waals surface area (Å²) in [5, 5.41) is 0.266. The van der Waals surface area contributed by atoms with Crippen LogP contribution in [0.25, 0.3) is 28.0 Å². The lowest BCUT2D eigenvalue weighted by molar-refractivity contribution is -0.129. The van der Waals surface area contributed by atoms with Crippen LogP contribution in [-0.4, -0.2) is 62.8 Å². The first kappa shape index (κ1) is 27.6. The molecule has 218 valence electrons. The second kappa shape index (κ2) is 10.3. The number of pyridine rings is 2. The average molecular weight is 577 g/mol. The van der Waals surface area contributed by atoms with Gasteiger partial charge < -0.3 is 19.3 Å². The van der Waals surface area contributed by atoms with E-state index >= 15 is 8.78 Å². The van der Waals surface area contributed by atoms with Crippen molar-refractivity contribution in [3.63, 3.8) is 0 Å². The van der Waals surface area contributed by atoms with Gasteiger partial charge in [-0.25, -0.2) is 23.1 Å². The maximum Gasteiger partial charge on any atom is 0.355 e. The number of halogens is 2. The Morgan fingerprint density at radius 1 is 1.10 bits per heavy atom. The van der Waals surface area contributed by atoms with Crippen LogP contribution < -0.4 is 20.1 Å². The Bertz CT molecular complexity index is 1810. The maximum atomic E-state index is 16.1. The van der Waals surface area contributed by atoms with Crippen molar-refractivity contribution in [2.75, 3.05) is 31.3 Å². The van der Waals surface area contributed by atoms with Crippen molar-refractivity contribution in [1.82, 2.24) is 24.4 Å². The highest BCUT2D eigenvalue weighted by Gasteiger charge is 2.32. The van der Waals surface area contributed by atoms with Crippen LogP contribution in [0.3, 0.4) is 0 Å². The number of hydrogen-bond acceptors (Lipinski definition) is 8. The summed E-state index contributed by atoms with van der Waals surface area (Å²) < 4.78 is 43.6. The molecule has 1 atom stereocenters. The van der Waals surface area contributed by atoms with Gasteiger partial charge >= 0.3 is 5.69 Å². The lowest BCUT2D eigenvalue weighted by Gasteiger charge is -2.40. The van der Waals surface area contributed by atoms with Gasteiger partial charge in [0.15, 0.2) is 23.0 Å². The van der Waals surface area contributed by atoms with Gasteiger partial charge in [0.1, 0.15) is 17.3 Å². The van der Waals surface area contributed by atoms with E-state index in [0.717, 1.165) is 11.6 Å². The van der Waals surface area contributed by atoms with E-state index in [9.17, 15) is 9.59 Å². The highest BCUT2D eigenvalue weighted by atomic mass is 19.1. The summed E-state index contributed by atoms with van der Waals surface area (Å²) >= 11 is 0. The number of nitrogens with zero attached hydrogens (tertiary/aromatic N) is 6. The molecule has 4 aromatic rings. The van der Waals surface area contributed by atoms with Crippen LogP contribution >= 0.6 is 0 Å². The van der Waals surface area contributed by atoms with Gasteiger partial charge in [-0.2, -0.15) is 4.98 Å². The van der Waals surface area contributed by atoms with E-state index in [2.05, 4.69) is 15.0 Å². The molecule has 12 heteroatoms. The van der Waals surface area contributed by atoms with Crippen molar-refractivity contribution < 1.29 is 23.0 Å². The highest BCUT2D eigenvalue weighted by Crippen LogP contribution is 2.44. The topological polar surface area (TPSA) is 103 Å². The second-order valence-electron chi connectivity index (χ2n) is 10.9. The number of ether oxygens (including phenoxy) is 2. The lowest BCUT2D eigenvalue weighted by Crippen LogP contribution is -2.54. The zero-order valence-corrected chi connectivity index (χ0v) is 23.9. The number of carbonyl (C=O) groups is 1. The van der Waals surface area contributed by atoms with E-state index in [1.165, 1.54) is 23.6 Å². The van der Waals surface area contributed by atoms with Crippen LogP contribution in [0, 0.1) is 18.6 Å². The minimum absolute atomic E-state index is 0.0401. The van der Waals surface area contributed by atoms with Crippen molar-refractivity contribution in [3.8, 4) is 28.4 Å². The average Bonchev–Trinajstić information content (AvgIpc) is 3.42. The third-order valence-electron chi connectivity index (χ3n) is 7.80. The fourth-order valence-electron chi connectivity index (χ4n) is 5.71. The number of aromatic nitrogens is 4. The highest BCUT2D eigenvalue weighted by molar-refractivity contribution is 5.91. The predicted molar refractivity (Wildman–Crippen MR) is 152 cm³/mol. The smallest absolute Gasteiger partial charge is 0.355 e. The zero-order valence-electron chi connectivity index (χ0n) is 23.9. The first-order valence-electron chi connectivity index (χ1n) is 13.8. The van der Waals surface area contributed by atoms with Crippen LogP contribution in [0.4, 0.5) is 14.6 Å². The number of anilines is 1. The molecule has 10 nitrogen and oxygen atoms in total. The van der Waals surface area contributed by atoms with Gasteiger partial charge in [-0.15, -0.1) is 0 Å². The monoisotopic (exact) mass is 576 g/mol. The molecule has 0 unspecified atom stereocenters. The summed E-state index contributed by atoms with van der Waals surface area (Å²) in [4.78, 5) is 43.2. The molecule has 3 aromatic heterocycles. The van der Waals surface area contributed by atoms with E-state index in [0.29, 0.717) is 31.0 Å². The summed E-state index contributed by atoms with van der Waals surface area (Å²) in [6.45, 7) is 10.2. The minimum atomic E-state index is -0.819. The molecule has 1 fully saturated rings. The zero-order chi connectivity index (χ0) is 29.9. The predicted octanol–water partition coefficient (Wildman–Crippen LogP) is 4.34. The molecule has 42 heavy (non-hydrogen) atoms. The standard InChI is InChI=1S/C30H30F2N6O4/c1-15(2)24-26(16(3)8-9-33-24)38-29-19(28(35-30(38)40)37-11-10-36(18(5)39)13-17(37)4)12-21(32)25(34-29)23-20(31)6-7-22-27(23)42-14-41-22/h6-9,12,15,17H,10-11,13-14H2,1-5H3/t17-/m0/s1. The summed E-state index contributed by atoms with van der Waals surface area (Å²) in [5.41, 5.74) is 0.793. The van der Waals surface area contributed by atoms with E-state index in [4.69, 9.17) is 9.47 Å². The maximum absolute atomic E-state index is 16.1. The first-order chi connectivity index (χ1) is 20.1. The molecule has 0 spiro atoms. The van der Waals surface area contributed by atoms with Gasteiger partial charge in [0, 0.05) is 38.8 Å². The fraction of sp³-hybridized carbons (Fsp3) is 0.367. The summed E-state index contributed by atoms with van der Waals surface area (Å²) in [6.07, 6.45) is 1.66. The summed E-state index contributed by atoms with van der Waals surface area (Å²) in [7, 11) is 0. The van der Waals surface area contributed by atoms with E-state index < -0.39 is 17.3 Å². The number of benzene rings is 1. The lowest BCUT2D eigenvalue weighted by atomic mass is 10.0. The molecule has 1 aromatic carbocycles. The third-order valence-corrected chi connectivity index (χ3v) is 7.80. The molecule has 2 aliphatic heterocycles. The van der Waals surface area contributed by atoms with Crippen molar-refractivity contribution in [1.29, 1.82) is 0 Å². The Balaban J connectivity index is 1.67. The van der Waals surface area contributed by atoms with Crippen LogP contribution in [0.15, 0.2) is 35.3 Å². The first-order valence-corrected chi connectivity index (χ1v) is 13.8. The van der Waals surface area contributed by atoms with Gasteiger partial charge in [-0.3, -0.25) is 9.78 Å². The van der Waals surface area contributed by atoms with Crippen molar-refractivity contribution in [2.45, 2.75) is 46.6 Å². The van der Waals surface area contributed by atoms with Crippen LogP contribution in [0.5, 0.6) is 11.5 Å². The third kappa shape index (κ3) is 4.41. The number of fused-ring (bicyclic) bond motifs is 2. The molecule has 0 bridgehead atoms. The minimum Gasteiger partial charge on any atom is -0.454 e.